The standard InChI is InChI=1S/C14H21N3O2S/c1-9-7-16-13(10(2)14(9)17(18)19)8-15-11-4-5-12(6-11)20-3/h7,11-12,15H,4-6,8H2,1-3H3. The van der Waals surface area contributed by atoms with Gasteiger partial charge < -0.3 is 5.32 Å². The van der Waals surface area contributed by atoms with Gasteiger partial charge in [-0.05, 0) is 39.4 Å². The van der Waals surface area contributed by atoms with Crippen LogP contribution in [0.3, 0.4) is 0 Å². The Morgan fingerprint density at radius 3 is 2.85 bits per heavy atom. The summed E-state index contributed by atoms with van der Waals surface area (Å²) in [6.45, 7) is 4.13. The van der Waals surface area contributed by atoms with Crippen molar-refractivity contribution in [3.8, 4) is 0 Å². The van der Waals surface area contributed by atoms with E-state index in [9.17, 15) is 10.1 Å². The van der Waals surface area contributed by atoms with Gasteiger partial charge in [-0.1, -0.05) is 0 Å². The Balaban J connectivity index is 2.04. The van der Waals surface area contributed by atoms with Crippen molar-refractivity contribution in [2.75, 3.05) is 6.26 Å². The van der Waals surface area contributed by atoms with Crippen molar-refractivity contribution < 1.29 is 4.92 Å². The Morgan fingerprint density at radius 1 is 1.50 bits per heavy atom. The van der Waals surface area contributed by atoms with Crippen molar-refractivity contribution in [1.82, 2.24) is 10.3 Å². The summed E-state index contributed by atoms with van der Waals surface area (Å²) in [6, 6.07) is 0.508. The van der Waals surface area contributed by atoms with Crippen molar-refractivity contribution in [2.45, 2.75) is 50.9 Å². The minimum atomic E-state index is -0.310. The Bertz CT molecular complexity index is 507. The minimum Gasteiger partial charge on any atom is -0.308 e. The molecule has 1 aliphatic rings. The first kappa shape index (κ1) is 15.3. The lowest BCUT2D eigenvalue weighted by molar-refractivity contribution is -0.386. The number of nitrogens with one attached hydrogen (secondary N) is 1. The molecule has 0 aliphatic heterocycles. The highest BCUT2D eigenvalue weighted by atomic mass is 32.2. The fourth-order valence-corrected chi connectivity index (χ4v) is 3.60. The number of nitrogens with zero attached hydrogens (tertiary/aromatic N) is 2. The summed E-state index contributed by atoms with van der Waals surface area (Å²) in [6.07, 6.45) is 7.36. The van der Waals surface area contributed by atoms with E-state index < -0.39 is 0 Å². The Labute approximate surface area is 123 Å². The maximum atomic E-state index is 11.1. The number of thioether (sulfide) groups is 1. The highest BCUT2D eigenvalue weighted by Crippen LogP contribution is 2.29. The smallest absolute Gasteiger partial charge is 0.278 e. The van der Waals surface area contributed by atoms with Crippen LogP contribution in [0, 0.1) is 24.0 Å². The second-order valence-electron chi connectivity index (χ2n) is 5.37. The topological polar surface area (TPSA) is 68.1 Å². The molecule has 5 nitrogen and oxygen atoms in total. The van der Waals surface area contributed by atoms with Gasteiger partial charge in [-0.2, -0.15) is 11.8 Å². The van der Waals surface area contributed by atoms with Gasteiger partial charge in [0, 0.05) is 35.2 Å². The lowest BCUT2D eigenvalue weighted by Gasteiger charge is -2.14. The normalized spacial score (nSPS) is 22.1. The quantitative estimate of drug-likeness (QED) is 0.668. The molecule has 110 valence electrons. The molecule has 0 radical (unpaired) electrons. The molecule has 2 atom stereocenters. The van der Waals surface area contributed by atoms with E-state index >= 15 is 0 Å². The maximum absolute atomic E-state index is 11.1. The summed E-state index contributed by atoms with van der Waals surface area (Å²) < 4.78 is 0. The molecule has 1 aromatic heterocycles. The maximum Gasteiger partial charge on any atom is 0.278 e. The first-order chi connectivity index (χ1) is 9.52. The molecule has 1 N–H and O–H groups in total. The Kier molecular flexibility index (Phi) is 4.99. The monoisotopic (exact) mass is 295 g/mol. The van der Waals surface area contributed by atoms with E-state index in [0.717, 1.165) is 10.9 Å². The average molecular weight is 295 g/mol. The molecule has 6 heteroatoms. The third-order valence-corrected chi connectivity index (χ3v) is 5.13. The van der Waals surface area contributed by atoms with E-state index in [1.165, 1.54) is 19.3 Å². The van der Waals surface area contributed by atoms with Crippen LogP contribution in [-0.4, -0.2) is 27.5 Å². The second-order valence-corrected chi connectivity index (χ2v) is 6.51. The zero-order valence-corrected chi connectivity index (χ0v) is 13.0. The van der Waals surface area contributed by atoms with E-state index in [0.29, 0.717) is 23.7 Å². The van der Waals surface area contributed by atoms with Crippen LogP contribution < -0.4 is 5.32 Å². The molecule has 20 heavy (non-hydrogen) atoms. The predicted octanol–water partition coefficient (Wildman–Crippen LogP) is 2.98. The van der Waals surface area contributed by atoms with Gasteiger partial charge in [0.15, 0.2) is 0 Å². The number of rotatable bonds is 5. The van der Waals surface area contributed by atoms with Crippen molar-refractivity contribution in [3.63, 3.8) is 0 Å². The highest BCUT2D eigenvalue weighted by molar-refractivity contribution is 7.99. The fraction of sp³-hybridized carbons (Fsp3) is 0.643. The van der Waals surface area contributed by atoms with Crippen LogP contribution >= 0.6 is 11.8 Å². The average Bonchev–Trinajstić information content (AvgIpc) is 2.85. The summed E-state index contributed by atoms with van der Waals surface area (Å²) >= 11 is 1.92. The van der Waals surface area contributed by atoms with Gasteiger partial charge in [-0.3, -0.25) is 15.1 Å². The first-order valence-electron chi connectivity index (χ1n) is 6.88. The van der Waals surface area contributed by atoms with Crippen molar-refractivity contribution in [2.24, 2.45) is 0 Å². The molecule has 0 saturated heterocycles. The van der Waals surface area contributed by atoms with Gasteiger partial charge in [0.05, 0.1) is 10.6 Å². The van der Waals surface area contributed by atoms with Crippen LogP contribution in [0.25, 0.3) is 0 Å². The lowest BCUT2D eigenvalue weighted by Crippen LogP contribution is -2.27. The SMILES string of the molecule is CSC1CCC(NCc2ncc(C)c([N+](=O)[O-])c2C)C1. The molecule has 2 rings (SSSR count). The van der Waals surface area contributed by atoms with Gasteiger partial charge in [0.2, 0.25) is 0 Å². The van der Waals surface area contributed by atoms with Crippen LogP contribution in [0.1, 0.15) is 36.1 Å². The number of aromatic nitrogens is 1. The zero-order chi connectivity index (χ0) is 14.7. The van der Waals surface area contributed by atoms with Crippen LogP contribution in [0.5, 0.6) is 0 Å². The summed E-state index contributed by atoms with van der Waals surface area (Å²) in [5, 5.41) is 15.3. The van der Waals surface area contributed by atoms with Crippen LogP contribution in [0.4, 0.5) is 5.69 Å². The largest absolute Gasteiger partial charge is 0.308 e. The van der Waals surface area contributed by atoms with E-state index in [4.69, 9.17) is 0 Å². The summed E-state index contributed by atoms with van der Waals surface area (Å²) in [5.41, 5.74) is 2.29. The van der Waals surface area contributed by atoms with E-state index in [1.807, 2.05) is 11.8 Å². The molecular weight excluding hydrogens is 274 g/mol. The predicted molar refractivity (Wildman–Crippen MR) is 82.1 cm³/mol. The number of pyridine rings is 1. The number of hydrogen-bond donors (Lipinski definition) is 1. The van der Waals surface area contributed by atoms with Crippen molar-refractivity contribution >= 4 is 17.4 Å². The van der Waals surface area contributed by atoms with Gasteiger partial charge in [0.25, 0.3) is 5.69 Å². The summed E-state index contributed by atoms with van der Waals surface area (Å²) in [5.74, 6) is 0. The molecule has 1 aliphatic carbocycles. The zero-order valence-electron chi connectivity index (χ0n) is 12.2. The van der Waals surface area contributed by atoms with Gasteiger partial charge in [-0.15, -0.1) is 0 Å². The summed E-state index contributed by atoms with van der Waals surface area (Å²) in [7, 11) is 0. The molecule has 0 bridgehead atoms. The minimum absolute atomic E-state index is 0.199. The third-order valence-electron chi connectivity index (χ3n) is 4.03. The molecule has 0 aromatic carbocycles. The Morgan fingerprint density at radius 2 is 2.25 bits per heavy atom. The van der Waals surface area contributed by atoms with E-state index in [1.54, 1.807) is 20.0 Å². The molecule has 1 aromatic rings. The lowest BCUT2D eigenvalue weighted by atomic mass is 10.1. The van der Waals surface area contributed by atoms with Crippen LogP contribution in [0.15, 0.2) is 6.20 Å². The molecule has 2 unspecified atom stereocenters. The van der Waals surface area contributed by atoms with Crippen molar-refractivity contribution in [3.05, 3.63) is 33.1 Å². The first-order valence-corrected chi connectivity index (χ1v) is 8.17. The molecule has 1 fully saturated rings. The number of aryl methyl sites for hydroxylation is 1. The Hall–Kier alpha value is -1.14. The number of nitro groups is 1. The fourth-order valence-electron chi connectivity index (χ4n) is 2.80. The van der Waals surface area contributed by atoms with Crippen LogP contribution in [0.2, 0.25) is 0 Å². The molecule has 0 spiro atoms. The van der Waals surface area contributed by atoms with Gasteiger partial charge in [0.1, 0.15) is 0 Å². The van der Waals surface area contributed by atoms with E-state index in [-0.39, 0.29) is 10.6 Å². The van der Waals surface area contributed by atoms with E-state index in [2.05, 4.69) is 16.6 Å². The van der Waals surface area contributed by atoms with Crippen molar-refractivity contribution in [1.29, 1.82) is 0 Å². The summed E-state index contributed by atoms with van der Waals surface area (Å²) in [4.78, 5) is 15.1. The number of hydrogen-bond acceptors (Lipinski definition) is 5. The second kappa shape index (κ2) is 6.54. The highest BCUT2D eigenvalue weighted by Gasteiger charge is 2.24. The van der Waals surface area contributed by atoms with Gasteiger partial charge in [-0.25, -0.2) is 0 Å². The molecule has 1 heterocycles. The van der Waals surface area contributed by atoms with Crippen LogP contribution in [-0.2, 0) is 6.54 Å². The molecular formula is C14H21N3O2S. The molecule has 1 saturated carbocycles. The van der Waals surface area contributed by atoms with Gasteiger partial charge >= 0.3 is 0 Å². The third kappa shape index (κ3) is 3.30. The molecule has 0 amide bonds.